The van der Waals surface area contributed by atoms with Crippen LogP contribution in [0.2, 0.25) is 0 Å². The Morgan fingerprint density at radius 2 is 1.35 bits per heavy atom. The van der Waals surface area contributed by atoms with Crippen LogP contribution in [0.25, 0.3) is 0 Å². The number of ether oxygens (including phenoxy) is 1. The SMILES string of the molecule is CCCCCCCC/C=C\CCCCCCCCNCCOC(=O)CN. The van der Waals surface area contributed by atoms with Crippen molar-refractivity contribution in [3.63, 3.8) is 0 Å². The molecule has 0 heterocycles. The molecule has 0 aromatic heterocycles. The van der Waals surface area contributed by atoms with Crippen molar-refractivity contribution < 1.29 is 9.53 Å². The van der Waals surface area contributed by atoms with Crippen molar-refractivity contribution in [1.29, 1.82) is 0 Å². The van der Waals surface area contributed by atoms with E-state index < -0.39 is 0 Å². The standard InChI is InChI=1S/C22H44N2O2/c1-2-3-4-5-6-7-8-9-10-11-12-13-14-15-16-17-18-24-19-20-26-22(25)21-23/h9-10,24H,2-8,11-21,23H2,1H3/b10-9-. The third kappa shape index (κ3) is 21.2. The monoisotopic (exact) mass is 368 g/mol. The first-order valence-electron chi connectivity index (χ1n) is 11.0. The molecule has 0 radical (unpaired) electrons. The number of allylic oxidation sites excluding steroid dienone is 2. The molecule has 0 atom stereocenters. The number of nitrogens with two attached hydrogens (primary N) is 1. The smallest absolute Gasteiger partial charge is 0.319 e. The molecule has 0 rings (SSSR count). The molecule has 0 fully saturated rings. The van der Waals surface area contributed by atoms with E-state index in [0.29, 0.717) is 6.61 Å². The van der Waals surface area contributed by atoms with Crippen LogP contribution in [0, 0.1) is 0 Å². The average molecular weight is 369 g/mol. The summed E-state index contributed by atoms with van der Waals surface area (Å²) in [5.74, 6) is -0.330. The van der Waals surface area contributed by atoms with Gasteiger partial charge in [0, 0.05) is 6.54 Å². The molecule has 26 heavy (non-hydrogen) atoms. The second-order valence-corrected chi connectivity index (χ2v) is 7.11. The Hall–Kier alpha value is -0.870. The summed E-state index contributed by atoms with van der Waals surface area (Å²) in [4.78, 5) is 10.8. The molecule has 3 N–H and O–H groups in total. The second kappa shape index (κ2) is 22.2. The van der Waals surface area contributed by atoms with E-state index in [1.807, 2.05) is 0 Å². The number of hydrogen-bond donors (Lipinski definition) is 2. The van der Waals surface area contributed by atoms with E-state index in [2.05, 4.69) is 24.4 Å². The Labute approximate surface area is 162 Å². The second-order valence-electron chi connectivity index (χ2n) is 7.11. The molecule has 154 valence electrons. The summed E-state index contributed by atoms with van der Waals surface area (Å²) in [5.41, 5.74) is 5.16. The minimum Gasteiger partial charge on any atom is -0.463 e. The normalized spacial score (nSPS) is 11.3. The molecule has 0 saturated heterocycles. The van der Waals surface area contributed by atoms with E-state index in [4.69, 9.17) is 10.5 Å². The van der Waals surface area contributed by atoms with E-state index in [0.717, 1.165) is 13.1 Å². The van der Waals surface area contributed by atoms with Crippen molar-refractivity contribution in [3.8, 4) is 0 Å². The summed E-state index contributed by atoms with van der Waals surface area (Å²) in [5, 5.41) is 3.29. The van der Waals surface area contributed by atoms with Crippen LogP contribution >= 0.6 is 0 Å². The molecule has 0 bridgehead atoms. The van der Waals surface area contributed by atoms with Gasteiger partial charge in [-0.05, 0) is 38.6 Å². The molecule has 0 aliphatic rings. The fraction of sp³-hybridized carbons (Fsp3) is 0.864. The summed E-state index contributed by atoms with van der Waals surface area (Å²) in [6.45, 7) is 4.38. The molecule has 4 heteroatoms. The van der Waals surface area contributed by atoms with E-state index in [1.54, 1.807) is 0 Å². The molecule has 0 amide bonds. The van der Waals surface area contributed by atoms with Gasteiger partial charge in [-0.3, -0.25) is 4.79 Å². The predicted octanol–water partition coefficient (Wildman–Crippen LogP) is 5.12. The maximum absolute atomic E-state index is 10.8. The zero-order valence-corrected chi connectivity index (χ0v) is 17.3. The zero-order chi connectivity index (χ0) is 19.1. The first-order chi connectivity index (χ1) is 12.8. The van der Waals surface area contributed by atoms with Crippen LogP contribution in [0.15, 0.2) is 12.2 Å². The molecule has 0 aromatic carbocycles. The lowest BCUT2D eigenvalue weighted by atomic mass is 10.1. The van der Waals surface area contributed by atoms with Crippen molar-refractivity contribution in [2.24, 2.45) is 5.73 Å². The maximum atomic E-state index is 10.8. The first-order valence-corrected chi connectivity index (χ1v) is 11.0. The van der Waals surface area contributed by atoms with Crippen molar-refractivity contribution in [1.82, 2.24) is 5.32 Å². The largest absolute Gasteiger partial charge is 0.463 e. The number of unbranched alkanes of at least 4 members (excludes halogenated alkanes) is 12. The van der Waals surface area contributed by atoms with Crippen LogP contribution in [0.3, 0.4) is 0 Å². The molecule has 0 aliphatic carbocycles. The summed E-state index contributed by atoms with van der Waals surface area (Å²) in [6.07, 6.45) is 23.5. The zero-order valence-electron chi connectivity index (χ0n) is 17.3. The number of hydrogen-bond acceptors (Lipinski definition) is 4. The molecule has 0 unspecified atom stereocenters. The van der Waals surface area contributed by atoms with Crippen molar-refractivity contribution >= 4 is 5.97 Å². The predicted molar refractivity (Wildman–Crippen MR) is 112 cm³/mol. The quantitative estimate of drug-likeness (QED) is 0.178. The Bertz CT molecular complexity index is 319. The summed E-state index contributed by atoms with van der Waals surface area (Å²) >= 11 is 0. The topological polar surface area (TPSA) is 64.3 Å². The van der Waals surface area contributed by atoms with Crippen molar-refractivity contribution in [2.45, 2.75) is 96.8 Å². The van der Waals surface area contributed by atoms with Crippen LogP contribution in [0.1, 0.15) is 96.8 Å². The number of carbonyl (C=O) groups is 1. The fourth-order valence-electron chi connectivity index (χ4n) is 2.92. The highest BCUT2D eigenvalue weighted by molar-refractivity contribution is 5.71. The molecule has 0 aromatic rings. The summed E-state index contributed by atoms with van der Waals surface area (Å²) in [6, 6.07) is 0. The highest BCUT2D eigenvalue weighted by Gasteiger charge is 1.97. The molecular formula is C22H44N2O2. The van der Waals surface area contributed by atoms with E-state index in [-0.39, 0.29) is 12.5 Å². The van der Waals surface area contributed by atoms with Gasteiger partial charge in [-0.25, -0.2) is 0 Å². The molecule has 4 nitrogen and oxygen atoms in total. The average Bonchev–Trinajstić information content (AvgIpc) is 2.66. The van der Waals surface area contributed by atoms with E-state index in [1.165, 1.54) is 89.9 Å². The Morgan fingerprint density at radius 1 is 0.808 bits per heavy atom. The van der Waals surface area contributed by atoms with Gasteiger partial charge in [0.1, 0.15) is 6.61 Å². The van der Waals surface area contributed by atoms with Gasteiger partial charge in [-0.1, -0.05) is 76.9 Å². The minimum absolute atomic E-state index is 0.0328. The van der Waals surface area contributed by atoms with Gasteiger partial charge in [-0.2, -0.15) is 0 Å². The molecule has 0 saturated carbocycles. The third-order valence-corrected chi connectivity index (χ3v) is 4.57. The highest BCUT2D eigenvalue weighted by atomic mass is 16.5. The number of carbonyl (C=O) groups excluding carboxylic acids is 1. The fourth-order valence-corrected chi connectivity index (χ4v) is 2.92. The summed E-state index contributed by atoms with van der Waals surface area (Å²) < 4.78 is 4.89. The lowest BCUT2D eigenvalue weighted by Gasteiger charge is -2.05. The van der Waals surface area contributed by atoms with Gasteiger partial charge in [-0.15, -0.1) is 0 Å². The van der Waals surface area contributed by atoms with Crippen molar-refractivity contribution in [3.05, 3.63) is 12.2 Å². The van der Waals surface area contributed by atoms with Crippen LogP contribution in [0.5, 0.6) is 0 Å². The Kier molecular flexibility index (Phi) is 21.4. The lowest BCUT2D eigenvalue weighted by molar-refractivity contribution is -0.141. The van der Waals surface area contributed by atoms with E-state index in [9.17, 15) is 4.79 Å². The van der Waals surface area contributed by atoms with Crippen LogP contribution in [0.4, 0.5) is 0 Å². The first kappa shape index (κ1) is 25.1. The van der Waals surface area contributed by atoms with Crippen LogP contribution in [-0.4, -0.2) is 32.2 Å². The molecular weight excluding hydrogens is 324 g/mol. The van der Waals surface area contributed by atoms with Gasteiger partial charge in [0.2, 0.25) is 0 Å². The van der Waals surface area contributed by atoms with Gasteiger partial charge >= 0.3 is 5.97 Å². The third-order valence-electron chi connectivity index (χ3n) is 4.57. The maximum Gasteiger partial charge on any atom is 0.319 e. The Balaban J connectivity index is 3.08. The summed E-state index contributed by atoms with van der Waals surface area (Å²) in [7, 11) is 0. The highest BCUT2D eigenvalue weighted by Crippen LogP contribution is 2.09. The van der Waals surface area contributed by atoms with Crippen LogP contribution < -0.4 is 11.1 Å². The molecule has 0 aliphatic heterocycles. The number of esters is 1. The van der Waals surface area contributed by atoms with Gasteiger partial charge in [0.05, 0.1) is 6.54 Å². The molecule has 0 spiro atoms. The van der Waals surface area contributed by atoms with E-state index >= 15 is 0 Å². The number of rotatable bonds is 20. The van der Waals surface area contributed by atoms with Gasteiger partial charge in [0.15, 0.2) is 0 Å². The van der Waals surface area contributed by atoms with Crippen LogP contribution in [-0.2, 0) is 9.53 Å². The lowest BCUT2D eigenvalue weighted by Crippen LogP contribution is -2.24. The van der Waals surface area contributed by atoms with Crippen molar-refractivity contribution in [2.75, 3.05) is 26.2 Å². The number of nitrogens with one attached hydrogen (secondary N) is 1. The van der Waals surface area contributed by atoms with Gasteiger partial charge < -0.3 is 15.8 Å². The minimum atomic E-state index is -0.330. The van der Waals surface area contributed by atoms with Gasteiger partial charge in [0.25, 0.3) is 0 Å². The Morgan fingerprint density at radius 3 is 1.92 bits per heavy atom.